The van der Waals surface area contributed by atoms with Crippen LogP contribution in [-0.4, -0.2) is 22.9 Å². The second-order valence-electron chi connectivity index (χ2n) is 7.34. The van der Waals surface area contributed by atoms with E-state index in [0.717, 1.165) is 25.3 Å². The van der Waals surface area contributed by atoms with E-state index >= 15 is 0 Å². The van der Waals surface area contributed by atoms with Crippen molar-refractivity contribution < 1.29 is 14.3 Å². The number of aliphatic imine (C=N–C) groups is 1. The zero-order valence-corrected chi connectivity index (χ0v) is 20.7. The fourth-order valence-electron chi connectivity index (χ4n) is 3.67. The van der Waals surface area contributed by atoms with Crippen LogP contribution in [0.3, 0.4) is 0 Å². The normalized spacial score (nSPS) is 11.6. The average molecular weight is 566 g/mol. The first-order valence-corrected chi connectivity index (χ1v) is 11.9. The van der Waals surface area contributed by atoms with Gasteiger partial charge in [0.2, 0.25) is 5.89 Å². The molecule has 164 valence electrons. The van der Waals surface area contributed by atoms with Gasteiger partial charge in [-0.15, -0.1) is 0 Å². The molecule has 4 aromatic carbocycles. The molecule has 0 aliphatic rings. The highest BCUT2D eigenvalue weighted by Gasteiger charge is 2.13. The summed E-state index contributed by atoms with van der Waals surface area (Å²) in [7, 11) is 0. The van der Waals surface area contributed by atoms with Crippen LogP contribution in [0, 0.1) is 0 Å². The van der Waals surface area contributed by atoms with E-state index in [1.165, 1.54) is 0 Å². The predicted molar refractivity (Wildman–Crippen MR) is 139 cm³/mol. The number of hydrogen-bond donors (Lipinski definition) is 1. The van der Waals surface area contributed by atoms with E-state index in [2.05, 4.69) is 49.0 Å². The summed E-state index contributed by atoms with van der Waals surface area (Å²) < 4.78 is 13.4. The lowest BCUT2D eigenvalue weighted by Crippen LogP contribution is -1.94. The highest BCUT2D eigenvalue weighted by atomic mass is 79.9. The van der Waals surface area contributed by atoms with Crippen molar-refractivity contribution >= 4 is 65.6 Å². The quantitative estimate of drug-likeness (QED) is 0.219. The minimum absolute atomic E-state index is 0.0516. The molecule has 33 heavy (non-hydrogen) atoms. The average Bonchev–Trinajstić information content (AvgIpc) is 3.23. The minimum Gasteiger partial charge on any atom is -0.504 e. The van der Waals surface area contributed by atoms with Gasteiger partial charge in [-0.3, -0.25) is 4.99 Å². The summed E-state index contributed by atoms with van der Waals surface area (Å²) in [6.07, 6.45) is 1.60. The third-order valence-electron chi connectivity index (χ3n) is 5.19. The maximum atomic E-state index is 10.5. The van der Waals surface area contributed by atoms with Gasteiger partial charge in [-0.2, -0.15) is 0 Å². The molecule has 0 aliphatic carbocycles. The fraction of sp³-hybridized carbons (Fsp3) is 0.0769. The van der Waals surface area contributed by atoms with Gasteiger partial charge in [-0.1, -0.05) is 56.1 Å². The van der Waals surface area contributed by atoms with Crippen LogP contribution in [0.15, 0.2) is 85.1 Å². The second kappa shape index (κ2) is 9.00. The highest BCUT2D eigenvalue weighted by Crippen LogP contribution is 2.35. The lowest BCUT2D eigenvalue weighted by molar-refractivity contribution is 0.317. The Hall–Kier alpha value is -3.16. The molecule has 0 spiro atoms. The summed E-state index contributed by atoms with van der Waals surface area (Å²) in [6.45, 7) is 2.33. The number of fused-ring (bicyclic) bond motifs is 2. The molecule has 0 atom stereocenters. The fourth-order valence-corrected chi connectivity index (χ4v) is 4.62. The summed E-state index contributed by atoms with van der Waals surface area (Å²) in [4.78, 5) is 9.24. The maximum Gasteiger partial charge on any atom is 0.227 e. The minimum atomic E-state index is 0.0516. The highest BCUT2D eigenvalue weighted by molar-refractivity contribution is 9.11. The Balaban J connectivity index is 1.51. The van der Waals surface area contributed by atoms with Crippen LogP contribution in [-0.2, 0) is 0 Å². The van der Waals surface area contributed by atoms with Crippen molar-refractivity contribution in [2.24, 2.45) is 4.99 Å². The molecule has 1 aromatic heterocycles. The van der Waals surface area contributed by atoms with Crippen molar-refractivity contribution in [3.8, 4) is 23.0 Å². The molecule has 1 N–H and O–H groups in total. The Morgan fingerprint density at radius 2 is 1.85 bits per heavy atom. The van der Waals surface area contributed by atoms with Gasteiger partial charge in [0, 0.05) is 26.3 Å². The summed E-state index contributed by atoms with van der Waals surface area (Å²) >= 11 is 7.06. The van der Waals surface area contributed by atoms with Crippen molar-refractivity contribution in [2.75, 3.05) is 6.61 Å². The smallest absolute Gasteiger partial charge is 0.227 e. The number of benzene rings is 4. The molecule has 5 aromatic rings. The Morgan fingerprint density at radius 3 is 2.70 bits per heavy atom. The van der Waals surface area contributed by atoms with Crippen LogP contribution in [0.1, 0.15) is 12.5 Å². The molecule has 0 fully saturated rings. The van der Waals surface area contributed by atoms with Crippen LogP contribution < -0.4 is 4.74 Å². The molecule has 0 saturated carbocycles. The number of aromatic hydroxyl groups is 1. The van der Waals surface area contributed by atoms with Gasteiger partial charge in [0.25, 0.3) is 0 Å². The van der Waals surface area contributed by atoms with Crippen molar-refractivity contribution in [3.63, 3.8) is 0 Å². The molecule has 5 nitrogen and oxygen atoms in total. The number of phenolic OH excluding ortho intramolecular Hbond substituents is 1. The van der Waals surface area contributed by atoms with Gasteiger partial charge in [-0.25, -0.2) is 4.98 Å². The lowest BCUT2D eigenvalue weighted by atomic mass is 10.0. The number of nitrogens with zero attached hydrogens (tertiary/aromatic N) is 2. The number of aromatic nitrogens is 1. The Kier molecular flexibility index (Phi) is 5.91. The van der Waals surface area contributed by atoms with Crippen molar-refractivity contribution in [1.82, 2.24) is 4.98 Å². The summed E-state index contributed by atoms with van der Waals surface area (Å²) in [5, 5.41) is 12.6. The van der Waals surface area contributed by atoms with Crippen molar-refractivity contribution in [1.29, 1.82) is 0 Å². The zero-order valence-electron chi connectivity index (χ0n) is 17.5. The number of hydrogen-bond acceptors (Lipinski definition) is 5. The van der Waals surface area contributed by atoms with E-state index in [9.17, 15) is 5.11 Å². The van der Waals surface area contributed by atoms with E-state index in [4.69, 9.17) is 14.1 Å². The Labute approximate surface area is 207 Å². The standard InChI is InChI=1S/C26H18Br2N2O3/c1-2-32-24-12-16(27)11-15(25(24)31)14-29-17-9-10-23-22(13-17)30-26(33-23)20-7-3-6-19-18(20)5-4-8-21(19)28/h3-14,31H,2H2,1H3. The molecule has 7 heteroatoms. The molecular weight excluding hydrogens is 548 g/mol. The lowest BCUT2D eigenvalue weighted by Gasteiger charge is -2.08. The molecule has 0 bridgehead atoms. The van der Waals surface area contributed by atoms with Crippen LogP contribution in [0.2, 0.25) is 0 Å². The topological polar surface area (TPSA) is 67.9 Å². The number of rotatable bonds is 5. The molecular formula is C26H18Br2N2O3. The first kappa shape index (κ1) is 21.7. The first-order valence-electron chi connectivity index (χ1n) is 10.3. The number of oxazole rings is 1. The van der Waals surface area contributed by atoms with E-state index in [1.807, 2.05) is 49.4 Å². The van der Waals surface area contributed by atoms with E-state index in [0.29, 0.717) is 40.6 Å². The monoisotopic (exact) mass is 564 g/mol. The number of phenols is 1. The van der Waals surface area contributed by atoms with Gasteiger partial charge in [-0.05, 0) is 60.2 Å². The van der Waals surface area contributed by atoms with E-state index in [-0.39, 0.29) is 5.75 Å². The molecule has 1 heterocycles. The van der Waals surface area contributed by atoms with Crippen LogP contribution in [0.4, 0.5) is 5.69 Å². The van der Waals surface area contributed by atoms with Gasteiger partial charge >= 0.3 is 0 Å². The largest absolute Gasteiger partial charge is 0.504 e. The number of halogens is 2. The third kappa shape index (κ3) is 4.26. The first-order chi connectivity index (χ1) is 16.0. The zero-order chi connectivity index (χ0) is 22.9. The SMILES string of the molecule is CCOc1cc(Br)cc(C=Nc2ccc3oc(-c4cccc5c(Br)cccc45)nc3c2)c1O. The molecule has 0 saturated heterocycles. The number of ether oxygens (including phenoxy) is 1. The molecule has 5 rings (SSSR count). The van der Waals surface area contributed by atoms with Crippen molar-refractivity contribution in [3.05, 3.63) is 81.2 Å². The molecule has 0 radical (unpaired) electrons. The summed E-state index contributed by atoms with van der Waals surface area (Å²) in [5.41, 5.74) is 3.56. The van der Waals surface area contributed by atoms with E-state index < -0.39 is 0 Å². The molecule has 0 aliphatic heterocycles. The molecule has 0 unspecified atom stereocenters. The van der Waals surface area contributed by atoms with E-state index in [1.54, 1.807) is 18.3 Å². The van der Waals surface area contributed by atoms with Gasteiger partial charge < -0.3 is 14.3 Å². The van der Waals surface area contributed by atoms with Gasteiger partial charge in [0.1, 0.15) is 5.52 Å². The Bertz CT molecular complexity index is 1530. The molecule has 0 amide bonds. The van der Waals surface area contributed by atoms with Gasteiger partial charge in [0.05, 0.1) is 12.3 Å². The van der Waals surface area contributed by atoms with Crippen molar-refractivity contribution in [2.45, 2.75) is 6.92 Å². The Morgan fingerprint density at radius 1 is 1.03 bits per heavy atom. The van der Waals surface area contributed by atoms with Gasteiger partial charge in [0.15, 0.2) is 17.1 Å². The second-order valence-corrected chi connectivity index (χ2v) is 9.11. The van der Waals surface area contributed by atoms with Crippen LogP contribution >= 0.6 is 31.9 Å². The van der Waals surface area contributed by atoms with Crippen LogP contribution in [0.25, 0.3) is 33.3 Å². The predicted octanol–water partition coefficient (Wildman–Crippen LogP) is 8.03. The summed E-state index contributed by atoms with van der Waals surface area (Å²) in [5.74, 6) is 1.02. The maximum absolute atomic E-state index is 10.5. The summed E-state index contributed by atoms with van der Waals surface area (Å²) in [6, 6.07) is 21.2. The third-order valence-corrected chi connectivity index (χ3v) is 6.34. The van der Waals surface area contributed by atoms with Crippen LogP contribution in [0.5, 0.6) is 11.5 Å².